The molecule has 0 bridgehead atoms. The summed E-state index contributed by atoms with van der Waals surface area (Å²) in [7, 11) is 1.35. The minimum Gasteiger partial charge on any atom is -0.480 e. The number of anilines is 1. The number of rotatable bonds is 4. The molecular formula is C14H12F3N7O2. The van der Waals surface area contributed by atoms with Crippen molar-refractivity contribution in [1.82, 2.24) is 30.2 Å². The van der Waals surface area contributed by atoms with Gasteiger partial charge in [0.2, 0.25) is 5.88 Å². The average molecular weight is 367 g/mol. The molecule has 3 aromatic rings. The van der Waals surface area contributed by atoms with Crippen LogP contribution in [0.5, 0.6) is 5.88 Å². The number of carbonyl (C=O) groups is 1. The van der Waals surface area contributed by atoms with Crippen LogP contribution in [0, 0.1) is 6.92 Å². The molecule has 0 aliphatic rings. The van der Waals surface area contributed by atoms with Gasteiger partial charge in [-0.3, -0.25) is 9.89 Å². The van der Waals surface area contributed by atoms with E-state index in [0.717, 1.165) is 6.20 Å². The number of ether oxygens (including phenoxy) is 1. The minimum absolute atomic E-state index is 0.128. The maximum absolute atomic E-state index is 13.6. The van der Waals surface area contributed by atoms with E-state index in [9.17, 15) is 18.0 Å². The number of alkyl halides is 3. The van der Waals surface area contributed by atoms with Crippen molar-refractivity contribution in [2.24, 2.45) is 0 Å². The van der Waals surface area contributed by atoms with Gasteiger partial charge in [-0.1, -0.05) is 0 Å². The molecule has 3 heterocycles. The lowest BCUT2D eigenvalue weighted by Gasteiger charge is -2.12. The second-order valence-corrected chi connectivity index (χ2v) is 5.11. The number of carbonyl (C=O) groups excluding carboxylic acids is 1. The molecule has 0 saturated carbocycles. The van der Waals surface area contributed by atoms with Crippen LogP contribution in [-0.2, 0) is 6.18 Å². The van der Waals surface area contributed by atoms with Crippen molar-refractivity contribution >= 4 is 11.6 Å². The molecule has 0 unspecified atom stereocenters. The van der Waals surface area contributed by atoms with Crippen molar-refractivity contribution in [3.8, 4) is 11.7 Å². The van der Waals surface area contributed by atoms with Gasteiger partial charge in [0.25, 0.3) is 5.91 Å². The Morgan fingerprint density at radius 1 is 1.27 bits per heavy atom. The van der Waals surface area contributed by atoms with Gasteiger partial charge in [-0.05, 0) is 13.0 Å². The molecule has 0 atom stereocenters. The summed E-state index contributed by atoms with van der Waals surface area (Å²) in [6, 6.07) is 2.58. The number of amides is 1. The number of nitrogens with one attached hydrogen (secondary N) is 2. The monoisotopic (exact) mass is 367 g/mol. The van der Waals surface area contributed by atoms with Crippen molar-refractivity contribution in [2.75, 3.05) is 12.4 Å². The van der Waals surface area contributed by atoms with Gasteiger partial charge in [0.05, 0.1) is 36.4 Å². The summed E-state index contributed by atoms with van der Waals surface area (Å²) in [5.74, 6) is -1.06. The predicted octanol–water partition coefficient (Wildman–Crippen LogP) is 1.97. The number of aromatic nitrogens is 6. The van der Waals surface area contributed by atoms with Crippen LogP contribution in [0.2, 0.25) is 0 Å². The lowest BCUT2D eigenvalue weighted by Crippen LogP contribution is -2.21. The molecule has 0 spiro atoms. The van der Waals surface area contributed by atoms with Crippen molar-refractivity contribution in [3.63, 3.8) is 0 Å². The fourth-order valence-corrected chi connectivity index (χ4v) is 2.16. The Morgan fingerprint density at radius 2 is 2.04 bits per heavy atom. The van der Waals surface area contributed by atoms with E-state index in [1.165, 1.54) is 25.4 Å². The molecule has 12 heteroatoms. The summed E-state index contributed by atoms with van der Waals surface area (Å²) >= 11 is 0. The number of nitrogens with zero attached hydrogens (tertiary/aromatic N) is 5. The van der Waals surface area contributed by atoms with Crippen LogP contribution in [0.3, 0.4) is 0 Å². The molecule has 0 saturated heterocycles. The third-order valence-corrected chi connectivity index (χ3v) is 3.41. The molecule has 9 nitrogen and oxygen atoms in total. The number of aryl methyl sites for hydroxylation is 1. The Hall–Kier alpha value is -3.44. The molecule has 26 heavy (non-hydrogen) atoms. The zero-order chi connectivity index (χ0) is 18.9. The SMILES string of the molecule is COc1ccc(-n2ncc(C(=O)Nc3cn[nH]c3C)c2C(F)(F)F)nn1. The second kappa shape index (κ2) is 6.46. The Morgan fingerprint density at radius 3 is 2.58 bits per heavy atom. The van der Waals surface area contributed by atoms with E-state index in [2.05, 4.69) is 30.8 Å². The quantitative estimate of drug-likeness (QED) is 0.729. The third-order valence-electron chi connectivity index (χ3n) is 3.41. The largest absolute Gasteiger partial charge is 0.480 e. The fourth-order valence-electron chi connectivity index (χ4n) is 2.16. The molecule has 0 aliphatic carbocycles. The van der Waals surface area contributed by atoms with Gasteiger partial charge < -0.3 is 10.1 Å². The predicted molar refractivity (Wildman–Crippen MR) is 82.0 cm³/mol. The van der Waals surface area contributed by atoms with Gasteiger partial charge >= 0.3 is 6.18 Å². The summed E-state index contributed by atoms with van der Waals surface area (Å²) in [4.78, 5) is 12.3. The first kappa shape index (κ1) is 17.4. The molecule has 136 valence electrons. The van der Waals surface area contributed by atoms with Crippen molar-refractivity contribution < 1.29 is 22.7 Å². The van der Waals surface area contributed by atoms with Crippen LogP contribution in [0.25, 0.3) is 5.82 Å². The Labute approximate surface area is 144 Å². The molecule has 2 N–H and O–H groups in total. The van der Waals surface area contributed by atoms with Gasteiger partial charge in [0.1, 0.15) is 0 Å². The van der Waals surface area contributed by atoms with Crippen molar-refractivity contribution in [1.29, 1.82) is 0 Å². The maximum atomic E-state index is 13.6. The standard InChI is InChI=1S/C14H12F3N7O2/c1-7-9(6-18-21-7)20-13(25)8-5-19-24(12(8)14(15,16)17)10-3-4-11(26-2)23-22-10/h3-6H,1-2H3,(H,18,21)(H,20,25). The van der Waals surface area contributed by atoms with Crippen LogP contribution in [0.1, 0.15) is 21.7 Å². The van der Waals surface area contributed by atoms with Crippen LogP contribution < -0.4 is 10.1 Å². The molecule has 1 amide bonds. The number of H-pyrrole nitrogens is 1. The third kappa shape index (κ3) is 3.20. The normalized spacial score (nSPS) is 11.4. The number of hydrogen-bond donors (Lipinski definition) is 2. The zero-order valence-corrected chi connectivity index (χ0v) is 13.5. The van der Waals surface area contributed by atoms with Gasteiger partial charge in [-0.15, -0.1) is 10.2 Å². The van der Waals surface area contributed by atoms with Gasteiger partial charge in [0, 0.05) is 6.07 Å². The summed E-state index contributed by atoms with van der Waals surface area (Å²) in [5.41, 5.74) is -1.16. The lowest BCUT2D eigenvalue weighted by atomic mass is 10.2. The zero-order valence-electron chi connectivity index (χ0n) is 13.5. The van der Waals surface area contributed by atoms with Gasteiger partial charge in [0.15, 0.2) is 11.5 Å². The summed E-state index contributed by atoms with van der Waals surface area (Å²) in [6.07, 6.45) is -2.74. The first-order chi connectivity index (χ1) is 12.3. The highest BCUT2D eigenvalue weighted by Crippen LogP contribution is 2.33. The van der Waals surface area contributed by atoms with E-state index in [1.807, 2.05) is 0 Å². The van der Waals surface area contributed by atoms with E-state index in [1.54, 1.807) is 6.92 Å². The summed E-state index contributed by atoms with van der Waals surface area (Å²) in [5, 5.41) is 19.5. The first-order valence-corrected chi connectivity index (χ1v) is 7.16. The fraction of sp³-hybridized carbons (Fsp3) is 0.214. The van der Waals surface area contributed by atoms with Crippen molar-refractivity contribution in [2.45, 2.75) is 13.1 Å². The van der Waals surface area contributed by atoms with Crippen molar-refractivity contribution in [3.05, 3.63) is 41.5 Å². The highest BCUT2D eigenvalue weighted by molar-refractivity contribution is 6.05. The molecule has 0 aromatic carbocycles. The maximum Gasteiger partial charge on any atom is 0.434 e. The Kier molecular flexibility index (Phi) is 4.32. The average Bonchev–Trinajstić information content (AvgIpc) is 3.21. The molecule has 3 aromatic heterocycles. The lowest BCUT2D eigenvalue weighted by molar-refractivity contribution is -0.143. The minimum atomic E-state index is -4.85. The summed E-state index contributed by atoms with van der Waals surface area (Å²) in [6.45, 7) is 1.61. The highest BCUT2D eigenvalue weighted by atomic mass is 19.4. The number of aromatic amines is 1. The van der Waals surface area contributed by atoms with Crippen LogP contribution in [-0.4, -0.2) is 43.2 Å². The van der Waals surface area contributed by atoms with Crippen LogP contribution >= 0.6 is 0 Å². The molecule has 0 radical (unpaired) electrons. The first-order valence-electron chi connectivity index (χ1n) is 7.16. The van der Waals surface area contributed by atoms with E-state index >= 15 is 0 Å². The Bertz CT molecular complexity index is 931. The van der Waals surface area contributed by atoms with Gasteiger partial charge in [-0.25, -0.2) is 4.68 Å². The van der Waals surface area contributed by atoms with Gasteiger partial charge in [-0.2, -0.15) is 23.4 Å². The smallest absolute Gasteiger partial charge is 0.434 e. The molecular weight excluding hydrogens is 355 g/mol. The van der Waals surface area contributed by atoms with E-state index in [-0.39, 0.29) is 17.4 Å². The number of methoxy groups -OCH3 is 1. The Balaban J connectivity index is 2.02. The van der Waals surface area contributed by atoms with E-state index in [4.69, 9.17) is 4.74 Å². The molecule has 0 fully saturated rings. The number of hydrogen-bond acceptors (Lipinski definition) is 6. The van der Waals surface area contributed by atoms with Crippen LogP contribution in [0.15, 0.2) is 24.5 Å². The van der Waals surface area contributed by atoms with Crippen LogP contribution in [0.4, 0.5) is 18.9 Å². The number of halogens is 3. The summed E-state index contributed by atoms with van der Waals surface area (Å²) < 4.78 is 46.0. The molecule has 3 rings (SSSR count). The second-order valence-electron chi connectivity index (χ2n) is 5.11. The molecule has 0 aliphatic heterocycles. The van der Waals surface area contributed by atoms with E-state index in [0.29, 0.717) is 10.4 Å². The topological polar surface area (TPSA) is 111 Å². The van der Waals surface area contributed by atoms with E-state index < -0.39 is 23.3 Å². The highest BCUT2D eigenvalue weighted by Gasteiger charge is 2.41.